The number of nitrogens with one attached hydrogen (secondary N) is 1. The van der Waals surface area contributed by atoms with E-state index in [2.05, 4.69) is 20.6 Å². The molecule has 0 saturated heterocycles. The Morgan fingerprint density at radius 1 is 1.22 bits per heavy atom. The fourth-order valence-electron chi connectivity index (χ4n) is 1.73. The van der Waals surface area contributed by atoms with Crippen LogP contribution in [0.4, 0.5) is 5.69 Å². The molecular formula is C11H8ClN5S. The summed E-state index contributed by atoms with van der Waals surface area (Å²) in [7, 11) is 0. The van der Waals surface area contributed by atoms with Gasteiger partial charge >= 0.3 is 0 Å². The van der Waals surface area contributed by atoms with Gasteiger partial charge in [-0.1, -0.05) is 17.7 Å². The van der Waals surface area contributed by atoms with Gasteiger partial charge in [0.1, 0.15) is 0 Å². The van der Waals surface area contributed by atoms with E-state index in [0.29, 0.717) is 16.5 Å². The third-order valence-corrected chi connectivity index (χ3v) is 3.66. The van der Waals surface area contributed by atoms with Gasteiger partial charge in [-0.3, -0.25) is 0 Å². The van der Waals surface area contributed by atoms with Gasteiger partial charge in [-0.2, -0.15) is 5.21 Å². The number of nitrogens with zero attached hydrogens (tertiary/aromatic N) is 3. The maximum absolute atomic E-state index is 5.99. The smallest absolute Gasteiger partial charge is 0.215 e. The van der Waals surface area contributed by atoms with Crippen molar-refractivity contribution >= 4 is 28.6 Å². The molecule has 0 fully saturated rings. The third kappa shape index (κ3) is 1.85. The van der Waals surface area contributed by atoms with Crippen molar-refractivity contribution in [3.63, 3.8) is 0 Å². The fraction of sp³-hybridized carbons (Fsp3) is 0. The molecular weight excluding hydrogens is 270 g/mol. The predicted molar refractivity (Wildman–Crippen MR) is 72.3 cm³/mol. The number of thiophene rings is 1. The third-order valence-electron chi connectivity index (χ3n) is 2.52. The lowest BCUT2D eigenvalue weighted by atomic mass is 10.0. The average molecular weight is 278 g/mol. The maximum atomic E-state index is 5.99. The van der Waals surface area contributed by atoms with Crippen molar-refractivity contribution in [1.82, 2.24) is 20.6 Å². The number of hydrogen-bond donors (Lipinski definition) is 2. The molecule has 18 heavy (non-hydrogen) atoms. The van der Waals surface area contributed by atoms with Gasteiger partial charge in [0.15, 0.2) is 0 Å². The van der Waals surface area contributed by atoms with Crippen LogP contribution in [-0.2, 0) is 0 Å². The second kappa shape index (κ2) is 4.40. The van der Waals surface area contributed by atoms with E-state index in [1.54, 1.807) is 17.4 Å². The van der Waals surface area contributed by atoms with E-state index >= 15 is 0 Å². The Balaban J connectivity index is 2.16. The summed E-state index contributed by atoms with van der Waals surface area (Å²) in [5.74, 6) is 0.564. The average Bonchev–Trinajstić information content (AvgIpc) is 2.98. The van der Waals surface area contributed by atoms with E-state index in [0.717, 1.165) is 16.0 Å². The molecule has 0 saturated carbocycles. The Labute approximate surface area is 112 Å². The van der Waals surface area contributed by atoms with E-state index in [-0.39, 0.29) is 0 Å². The van der Waals surface area contributed by atoms with Crippen molar-refractivity contribution in [3.8, 4) is 21.8 Å². The highest BCUT2D eigenvalue weighted by Gasteiger charge is 2.14. The topological polar surface area (TPSA) is 80.5 Å². The molecule has 0 radical (unpaired) electrons. The molecule has 3 rings (SSSR count). The van der Waals surface area contributed by atoms with Crippen LogP contribution < -0.4 is 5.73 Å². The minimum Gasteiger partial charge on any atom is -0.398 e. The molecule has 7 heteroatoms. The van der Waals surface area contributed by atoms with Crippen LogP contribution in [0, 0.1) is 0 Å². The Kier molecular flexibility index (Phi) is 2.73. The van der Waals surface area contributed by atoms with Crippen LogP contribution in [0.5, 0.6) is 0 Å². The second-order valence-corrected chi connectivity index (χ2v) is 4.98. The van der Waals surface area contributed by atoms with Gasteiger partial charge in [0.05, 0.1) is 4.88 Å². The standard InChI is InChI=1S/C11H8ClN5S/c12-6-1-2-7(9(13)5-6)8-3-4-18-10(8)11-14-16-17-15-11/h1-5H,13H2,(H,14,15,16,17). The first-order valence-corrected chi connectivity index (χ1v) is 6.38. The van der Waals surface area contributed by atoms with Gasteiger partial charge < -0.3 is 5.73 Å². The summed E-state index contributed by atoms with van der Waals surface area (Å²) in [5.41, 5.74) is 8.52. The van der Waals surface area contributed by atoms with Gasteiger partial charge in [-0.25, -0.2) is 0 Å². The van der Waals surface area contributed by atoms with Gasteiger partial charge in [0, 0.05) is 21.8 Å². The highest BCUT2D eigenvalue weighted by Crippen LogP contribution is 2.38. The van der Waals surface area contributed by atoms with Crippen LogP contribution in [0.1, 0.15) is 0 Å². The summed E-state index contributed by atoms with van der Waals surface area (Å²) in [6.07, 6.45) is 0. The molecule has 5 nitrogen and oxygen atoms in total. The predicted octanol–water partition coefficient (Wildman–Crippen LogP) is 2.83. The van der Waals surface area contributed by atoms with Crippen LogP contribution in [0.15, 0.2) is 29.6 Å². The number of aromatic amines is 1. The highest BCUT2D eigenvalue weighted by atomic mass is 35.5. The van der Waals surface area contributed by atoms with Crippen molar-refractivity contribution < 1.29 is 0 Å². The largest absolute Gasteiger partial charge is 0.398 e. The summed E-state index contributed by atoms with van der Waals surface area (Å²) >= 11 is 7.44. The van der Waals surface area contributed by atoms with Crippen molar-refractivity contribution in [3.05, 3.63) is 34.7 Å². The number of aromatic nitrogens is 4. The number of halogens is 1. The lowest BCUT2D eigenvalue weighted by Crippen LogP contribution is -1.90. The van der Waals surface area contributed by atoms with Crippen LogP contribution in [-0.4, -0.2) is 20.6 Å². The van der Waals surface area contributed by atoms with Crippen molar-refractivity contribution in [2.75, 3.05) is 5.73 Å². The first kappa shape index (κ1) is 11.2. The molecule has 0 aliphatic rings. The summed E-state index contributed by atoms with van der Waals surface area (Å²) in [4.78, 5) is 0.928. The minimum absolute atomic E-state index is 0.564. The van der Waals surface area contributed by atoms with Crippen LogP contribution in [0.25, 0.3) is 21.8 Å². The molecule has 90 valence electrons. The molecule has 0 unspecified atom stereocenters. The minimum atomic E-state index is 0.564. The Hall–Kier alpha value is -1.92. The molecule has 0 aliphatic heterocycles. The molecule has 0 atom stereocenters. The van der Waals surface area contributed by atoms with Crippen molar-refractivity contribution in [2.24, 2.45) is 0 Å². The molecule has 2 heterocycles. The number of tetrazole rings is 1. The molecule has 0 amide bonds. The van der Waals surface area contributed by atoms with Crippen LogP contribution >= 0.6 is 22.9 Å². The molecule has 1 aromatic carbocycles. The first-order valence-electron chi connectivity index (χ1n) is 5.12. The van der Waals surface area contributed by atoms with Gasteiger partial charge in [0.2, 0.25) is 5.82 Å². The molecule has 3 N–H and O–H groups in total. The SMILES string of the molecule is Nc1cc(Cl)ccc1-c1ccsc1-c1nn[nH]n1. The Morgan fingerprint density at radius 3 is 2.83 bits per heavy atom. The monoisotopic (exact) mass is 277 g/mol. The number of anilines is 1. The molecule has 0 spiro atoms. The van der Waals surface area contributed by atoms with E-state index in [9.17, 15) is 0 Å². The Morgan fingerprint density at radius 2 is 2.11 bits per heavy atom. The number of nitrogens with two attached hydrogens (primary N) is 1. The number of H-pyrrole nitrogens is 1. The van der Waals surface area contributed by atoms with E-state index < -0.39 is 0 Å². The van der Waals surface area contributed by atoms with Crippen molar-refractivity contribution in [2.45, 2.75) is 0 Å². The van der Waals surface area contributed by atoms with Gasteiger partial charge in [-0.15, -0.1) is 21.5 Å². The first-order chi connectivity index (χ1) is 8.75. The summed E-state index contributed by atoms with van der Waals surface area (Å²) in [5, 5.41) is 16.6. The molecule has 0 aliphatic carbocycles. The van der Waals surface area contributed by atoms with Crippen LogP contribution in [0.3, 0.4) is 0 Å². The van der Waals surface area contributed by atoms with Gasteiger partial charge in [0.25, 0.3) is 0 Å². The zero-order chi connectivity index (χ0) is 12.5. The lowest BCUT2D eigenvalue weighted by Gasteiger charge is -2.05. The van der Waals surface area contributed by atoms with Crippen molar-refractivity contribution in [1.29, 1.82) is 0 Å². The summed E-state index contributed by atoms with van der Waals surface area (Å²) < 4.78 is 0. The number of nitrogen functional groups attached to an aromatic ring is 1. The Bertz CT molecular complexity index is 677. The normalized spacial score (nSPS) is 10.7. The fourth-order valence-corrected chi connectivity index (χ4v) is 2.75. The summed E-state index contributed by atoms with van der Waals surface area (Å²) in [6.45, 7) is 0. The number of benzene rings is 1. The zero-order valence-corrected chi connectivity index (χ0v) is 10.7. The molecule has 0 bridgehead atoms. The quantitative estimate of drug-likeness (QED) is 0.706. The summed E-state index contributed by atoms with van der Waals surface area (Å²) in [6, 6.07) is 7.42. The van der Waals surface area contributed by atoms with Gasteiger partial charge in [-0.05, 0) is 28.8 Å². The highest BCUT2D eigenvalue weighted by molar-refractivity contribution is 7.14. The van der Waals surface area contributed by atoms with E-state index in [1.807, 2.05) is 23.6 Å². The number of rotatable bonds is 2. The lowest BCUT2D eigenvalue weighted by molar-refractivity contribution is 0.881. The van der Waals surface area contributed by atoms with Crippen LogP contribution in [0.2, 0.25) is 5.02 Å². The number of hydrogen-bond acceptors (Lipinski definition) is 5. The maximum Gasteiger partial charge on any atom is 0.215 e. The van der Waals surface area contributed by atoms with E-state index in [4.69, 9.17) is 17.3 Å². The van der Waals surface area contributed by atoms with E-state index in [1.165, 1.54) is 0 Å². The second-order valence-electron chi connectivity index (χ2n) is 3.63. The molecule has 3 aromatic rings. The zero-order valence-electron chi connectivity index (χ0n) is 9.09. The molecule has 2 aromatic heterocycles.